The van der Waals surface area contributed by atoms with E-state index in [-0.39, 0.29) is 4.91 Å². The van der Waals surface area contributed by atoms with Crippen LogP contribution in [0.25, 0.3) is 16.8 Å². The molecule has 0 saturated carbocycles. The molecule has 1 aliphatic heterocycles. The summed E-state index contributed by atoms with van der Waals surface area (Å²) in [5.41, 5.74) is 1.97. The topological polar surface area (TPSA) is 75.7 Å². The van der Waals surface area contributed by atoms with Crippen molar-refractivity contribution in [3.63, 3.8) is 0 Å². The van der Waals surface area contributed by atoms with E-state index >= 15 is 0 Å². The Morgan fingerprint density at radius 3 is 2.53 bits per heavy atom. The summed E-state index contributed by atoms with van der Waals surface area (Å²) in [4.78, 5) is 39.0. The molecule has 0 radical (unpaired) electrons. The second-order valence-corrected chi connectivity index (χ2v) is 10.4. The van der Waals surface area contributed by atoms with E-state index in [1.165, 1.54) is 24.3 Å². The lowest BCUT2D eigenvalue weighted by Crippen LogP contribution is -2.36. The first-order chi connectivity index (χ1) is 18.4. The highest BCUT2D eigenvalue weighted by Gasteiger charge is 2.36. The number of carbonyl (C=O) groups excluding carboxylic acids is 3. The molecule has 0 bridgehead atoms. The largest absolute Gasteiger partial charge is 0.488 e. The number of benzene rings is 4. The number of halogens is 2. The lowest BCUT2D eigenvalue weighted by Gasteiger charge is -2.13. The van der Waals surface area contributed by atoms with Crippen molar-refractivity contribution in [3.05, 3.63) is 111 Å². The number of hydrogen-bond acceptors (Lipinski definition) is 5. The summed E-state index contributed by atoms with van der Waals surface area (Å²) in [6, 6.07) is 24.8. The molecule has 38 heavy (non-hydrogen) atoms. The summed E-state index contributed by atoms with van der Waals surface area (Å²) in [6.07, 6.45) is 1.59. The highest BCUT2D eigenvalue weighted by molar-refractivity contribution is 9.10. The average Bonchev–Trinajstić information content (AvgIpc) is 3.16. The fraction of sp³-hybridized carbons (Fsp3) is 0.0690. The maximum Gasteiger partial charge on any atom is 0.294 e. The minimum absolute atomic E-state index is 0.179. The number of imide groups is 1. The van der Waals surface area contributed by atoms with Gasteiger partial charge in [-0.15, -0.1) is 0 Å². The Hall–Kier alpha value is -3.95. The number of carbonyl (C=O) groups is 3. The molecule has 0 atom stereocenters. The average molecular weight is 591 g/mol. The van der Waals surface area contributed by atoms with Crippen LogP contribution >= 0.6 is 27.7 Å². The Bertz CT molecular complexity index is 1590. The van der Waals surface area contributed by atoms with Crippen LogP contribution in [0.3, 0.4) is 0 Å². The van der Waals surface area contributed by atoms with Gasteiger partial charge < -0.3 is 10.1 Å². The Balaban J connectivity index is 1.30. The van der Waals surface area contributed by atoms with E-state index in [0.29, 0.717) is 23.6 Å². The van der Waals surface area contributed by atoms with Crippen molar-refractivity contribution in [3.8, 4) is 5.75 Å². The van der Waals surface area contributed by atoms with E-state index in [1.807, 2.05) is 42.5 Å². The molecule has 0 aliphatic carbocycles. The lowest BCUT2D eigenvalue weighted by molar-refractivity contribution is -0.127. The third-order valence-corrected chi connectivity index (χ3v) is 7.17. The Kier molecular flexibility index (Phi) is 7.57. The van der Waals surface area contributed by atoms with Crippen molar-refractivity contribution < 1.29 is 23.5 Å². The molecule has 1 heterocycles. The zero-order valence-electron chi connectivity index (χ0n) is 19.8. The summed E-state index contributed by atoms with van der Waals surface area (Å²) >= 11 is 4.20. The van der Waals surface area contributed by atoms with Gasteiger partial charge in [0.2, 0.25) is 5.91 Å². The van der Waals surface area contributed by atoms with Gasteiger partial charge >= 0.3 is 0 Å². The quantitative estimate of drug-likeness (QED) is 0.235. The first-order valence-electron chi connectivity index (χ1n) is 11.6. The predicted octanol–water partition coefficient (Wildman–Crippen LogP) is 7.00. The molecule has 0 aromatic heterocycles. The molecule has 1 saturated heterocycles. The molecular weight excluding hydrogens is 571 g/mol. The van der Waals surface area contributed by atoms with Gasteiger partial charge in [0.25, 0.3) is 11.1 Å². The van der Waals surface area contributed by atoms with Crippen LogP contribution in [0.2, 0.25) is 0 Å². The highest BCUT2D eigenvalue weighted by Crippen LogP contribution is 2.35. The molecule has 3 amide bonds. The Labute approximate surface area is 230 Å². The van der Waals surface area contributed by atoms with Gasteiger partial charge in [0.1, 0.15) is 24.7 Å². The molecule has 0 unspecified atom stereocenters. The molecule has 1 fully saturated rings. The molecule has 9 heteroatoms. The van der Waals surface area contributed by atoms with Crippen LogP contribution in [-0.4, -0.2) is 28.5 Å². The molecule has 6 nitrogen and oxygen atoms in total. The van der Waals surface area contributed by atoms with E-state index in [9.17, 15) is 18.8 Å². The van der Waals surface area contributed by atoms with E-state index in [4.69, 9.17) is 4.74 Å². The van der Waals surface area contributed by atoms with E-state index < -0.39 is 29.4 Å². The molecule has 4 aromatic carbocycles. The number of anilines is 1. The normalized spacial score (nSPS) is 14.4. The maximum atomic E-state index is 13.1. The van der Waals surface area contributed by atoms with Gasteiger partial charge in [-0.1, -0.05) is 52.3 Å². The molecule has 4 aromatic rings. The van der Waals surface area contributed by atoms with Gasteiger partial charge in [0, 0.05) is 15.7 Å². The summed E-state index contributed by atoms with van der Waals surface area (Å²) < 4.78 is 20.0. The third-order valence-electron chi connectivity index (χ3n) is 5.77. The van der Waals surface area contributed by atoms with Crippen molar-refractivity contribution in [1.82, 2.24) is 4.90 Å². The number of rotatable bonds is 7. The summed E-state index contributed by atoms with van der Waals surface area (Å²) in [5, 5.41) is 4.26. The highest BCUT2D eigenvalue weighted by atomic mass is 79.9. The zero-order valence-corrected chi connectivity index (χ0v) is 22.2. The van der Waals surface area contributed by atoms with Crippen LogP contribution < -0.4 is 10.1 Å². The van der Waals surface area contributed by atoms with Gasteiger partial charge in [-0.2, -0.15) is 0 Å². The van der Waals surface area contributed by atoms with Gasteiger partial charge in [0.05, 0.1) is 4.91 Å². The monoisotopic (exact) mass is 590 g/mol. The molecule has 1 N–H and O–H groups in total. The van der Waals surface area contributed by atoms with Crippen LogP contribution in [0.4, 0.5) is 14.9 Å². The van der Waals surface area contributed by atoms with Gasteiger partial charge in [0.15, 0.2) is 0 Å². The van der Waals surface area contributed by atoms with Crippen molar-refractivity contribution in [1.29, 1.82) is 0 Å². The fourth-order valence-electron chi connectivity index (χ4n) is 3.91. The minimum atomic E-state index is -0.574. The van der Waals surface area contributed by atoms with E-state index in [0.717, 1.165) is 37.5 Å². The maximum absolute atomic E-state index is 13.1. The predicted molar refractivity (Wildman–Crippen MR) is 150 cm³/mol. The summed E-state index contributed by atoms with van der Waals surface area (Å²) in [5.74, 6) is -1.04. The van der Waals surface area contributed by atoms with Crippen molar-refractivity contribution in [2.75, 3.05) is 11.9 Å². The molecule has 190 valence electrons. The van der Waals surface area contributed by atoms with Gasteiger partial charge in [-0.25, -0.2) is 4.39 Å². The molecule has 1 aliphatic rings. The first-order valence-corrected chi connectivity index (χ1v) is 13.2. The standard InChI is InChI=1S/C29H20BrFN2O4S/c30-22-7-12-25(37-17-18-5-6-19-3-1-2-4-20(19)13-18)21(14-22)15-26-28(35)33(29(36)38-26)16-27(34)32-24-10-8-23(31)9-11-24/h1-15H,16-17H2,(H,32,34)/b26-15-. The Morgan fingerprint density at radius 1 is 0.974 bits per heavy atom. The van der Waals surface area contributed by atoms with Crippen LogP contribution in [0.5, 0.6) is 5.75 Å². The van der Waals surface area contributed by atoms with Crippen molar-refractivity contribution in [2.24, 2.45) is 0 Å². The number of nitrogens with zero attached hydrogens (tertiary/aromatic N) is 1. The van der Waals surface area contributed by atoms with Crippen LogP contribution in [0.15, 0.2) is 94.3 Å². The molecule has 0 spiro atoms. The lowest BCUT2D eigenvalue weighted by atomic mass is 10.1. The second-order valence-electron chi connectivity index (χ2n) is 8.48. The fourth-order valence-corrected chi connectivity index (χ4v) is 5.12. The van der Waals surface area contributed by atoms with Gasteiger partial charge in [-0.3, -0.25) is 19.3 Å². The number of amides is 3. The van der Waals surface area contributed by atoms with E-state index in [2.05, 4.69) is 27.3 Å². The van der Waals surface area contributed by atoms with Crippen LogP contribution in [-0.2, 0) is 16.2 Å². The smallest absolute Gasteiger partial charge is 0.294 e. The van der Waals surface area contributed by atoms with Gasteiger partial charge in [-0.05, 0) is 82.7 Å². The van der Waals surface area contributed by atoms with E-state index in [1.54, 1.807) is 18.2 Å². The number of ether oxygens (including phenoxy) is 1. The summed E-state index contributed by atoms with van der Waals surface area (Å²) in [7, 11) is 0. The zero-order chi connectivity index (χ0) is 26.6. The number of nitrogens with one attached hydrogen (secondary N) is 1. The van der Waals surface area contributed by atoms with Crippen molar-refractivity contribution in [2.45, 2.75) is 6.61 Å². The number of thioether (sulfide) groups is 1. The minimum Gasteiger partial charge on any atom is -0.488 e. The second kappa shape index (κ2) is 11.2. The number of hydrogen-bond donors (Lipinski definition) is 1. The molecule has 5 rings (SSSR count). The first kappa shape index (κ1) is 25.7. The Morgan fingerprint density at radius 2 is 1.74 bits per heavy atom. The SMILES string of the molecule is O=C(CN1C(=O)S/C(=C\c2cc(Br)ccc2OCc2ccc3ccccc3c2)C1=O)Nc1ccc(F)cc1. The van der Waals surface area contributed by atoms with Crippen molar-refractivity contribution >= 4 is 67.3 Å². The third kappa shape index (κ3) is 5.95. The molecular formula is C29H20BrFN2O4S. The summed E-state index contributed by atoms with van der Waals surface area (Å²) in [6.45, 7) is -0.137. The number of fused-ring (bicyclic) bond motifs is 1. The van der Waals surface area contributed by atoms with Crippen LogP contribution in [0.1, 0.15) is 11.1 Å². The van der Waals surface area contributed by atoms with Crippen LogP contribution in [0, 0.1) is 5.82 Å².